The van der Waals surface area contributed by atoms with E-state index >= 15 is 0 Å². The zero-order valence-electron chi connectivity index (χ0n) is 12.1. The summed E-state index contributed by atoms with van der Waals surface area (Å²) in [4.78, 5) is 6.82. The lowest BCUT2D eigenvalue weighted by molar-refractivity contribution is 0.441. The van der Waals surface area contributed by atoms with Gasteiger partial charge in [0.25, 0.3) is 0 Å². The fourth-order valence-corrected chi connectivity index (χ4v) is 2.48. The smallest absolute Gasteiger partial charge is 0.247 e. The summed E-state index contributed by atoms with van der Waals surface area (Å²) < 4.78 is 0. The second kappa shape index (κ2) is 7.26. The minimum absolute atomic E-state index is 0.721. The van der Waals surface area contributed by atoms with E-state index in [0.717, 1.165) is 37.3 Å². The van der Waals surface area contributed by atoms with Gasteiger partial charge in [0.15, 0.2) is 5.82 Å². The summed E-state index contributed by atoms with van der Waals surface area (Å²) in [5, 5.41) is 11.6. The number of anilines is 2. The summed E-state index contributed by atoms with van der Waals surface area (Å²) in [6, 6.07) is 0. The Morgan fingerprint density at radius 2 is 2.32 bits per heavy atom. The van der Waals surface area contributed by atoms with Gasteiger partial charge in [-0.2, -0.15) is 10.1 Å². The molecule has 0 saturated carbocycles. The molecule has 1 N–H and O–H groups in total. The van der Waals surface area contributed by atoms with E-state index in [0.29, 0.717) is 0 Å². The van der Waals surface area contributed by atoms with E-state index in [1.807, 2.05) is 0 Å². The summed E-state index contributed by atoms with van der Waals surface area (Å²) >= 11 is 0. The first kappa shape index (κ1) is 14.0. The largest absolute Gasteiger partial charge is 0.369 e. The number of hydrogen-bond donors (Lipinski definition) is 1. The second-order valence-electron chi connectivity index (χ2n) is 5.47. The highest BCUT2D eigenvalue weighted by molar-refractivity contribution is 5.39. The van der Waals surface area contributed by atoms with Crippen LogP contribution in [0.25, 0.3) is 0 Å². The topological polar surface area (TPSA) is 53.9 Å². The first-order valence-corrected chi connectivity index (χ1v) is 7.48. The van der Waals surface area contributed by atoms with Gasteiger partial charge >= 0.3 is 0 Å². The van der Waals surface area contributed by atoms with Crippen LogP contribution in [-0.2, 0) is 0 Å². The molecule has 1 aliphatic heterocycles. The Morgan fingerprint density at radius 1 is 1.42 bits per heavy atom. The standard InChI is InChI=1S/C14H25N5/c1-3-4-5-8-15-13-10-16-18-14(17-13)19-9-6-7-12(2)11-19/h10,12H,3-9,11H2,1-2H3,(H,15,17,18). The Morgan fingerprint density at radius 3 is 3.11 bits per heavy atom. The average Bonchev–Trinajstić information content (AvgIpc) is 2.44. The molecule has 1 aliphatic rings. The molecule has 5 heteroatoms. The van der Waals surface area contributed by atoms with E-state index in [2.05, 4.69) is 39.2 Å². The second-order valence-corrected chi connectivity index (χ2v) is 5.47. The zero-order valence-corrected chi connectivity index (χ0v) is 12.1. The van der Waals surface area contributed by atoms with Crippen molar-refractivity contribution in [3.8, 4) is 0 Å². The predicted octanol–water partition coefficient (Wildman–Crippen LogP) is 2.71. The van der Waals surface area contributed by atoms with Gasteiger partial charge in [-0.25, -0.2) is 0 Å². The molecule has 19 heavy (non-hydrogen) atoms. The van der Waals surface area contributed by atoms with E-state index in [-0.39, 0.29) is 0 Å². The minimum Gasteiger partial charge on any atom is -0.369 e. The third-order valence-corrected chi connectivity index (χ3v) is 3.57. The molecule has 1 aromatic rings. The van der Waals surface area contributed by atoms with Crippen molar-refractivity contribution >= 4 is 11.8 Å². The van der Waals surface area contributed by atoms with Gasteiger partial charge in [0.05, 0.1) is 6.20 Å². The van der Waals surface area contributed by atoms with Crippen LogP contribution in [0.4, 0.5) is 11.8 Å². The highest BCUT2D eigenvalue weighted by atomic mass is 15.3. The fourth-order valence-electron chi connectivity index (χ4n) is 2.48. The summed E-state index contributed by atoms with van der Waals surface area (Å²) in [6.45, 7) is 7.54. The molecule has 0 bridgehead atoms. The van der Waals surface area contributed by atoms with Crippen LogP contribution < -0.4 is 10.2 Å². The van der Waals surface area contributed by atoms with Crippen LogP contribution in [-0.4, -0.2) is 34.8 Å². The number of rotatable bonds is 6. The van der Waals surface area contributed by atoms with E-state index in [4.69, 9.17) is 0 Å². The van der Waals surface area contributed by atoms with Crippen molar-refractivity contribution in [3.05, 3.63) is 6.20 Å². The highest BCUT2D eigenvalue weighted by Gasteiger charge is 2.19. The maximum atomic E-state index is 4.57. The summed E-state index contributed by atoms with van der Waals surface area (Å²) in [5.74, 6) is 2.34. The number of piperidine rings is 1. The Kier molecular flexibility index (Phi) is 5.36. The Labute approximate surface area is 115 Å². The van der Waals surface area contributed by atoms with Crippen LogP contribution in [0, 0.1) is 5.92 Å². The van der Waals surface area contributed by atoms with Crippen LogP contribution in [0.3, 0.4) is 0 Å². The number of nitrogens with one attached hydrogen (secondary N) is 1. The van der Waals surface area contributed by atoms with E-state index in [1.54, 1.807) is 6.20 Å². The lowest BCUT2D eigenvalue weighted by Gasteiger charge is -2.30. The van der Waals surface area contributed by atoms with Gasteiger partial charge in [-0.3, -0.25) is 0 Å². The first-order chi connectivity index (χ1) is 9.29. The van der Waals surface area contributed by atoms with Gasteiger partial charge in [-0.05, 0) is 25.2 Å². The zero-order chi connectivity index (χ0) is 13.5. The Balaban J connectivity index is 1.90. The molecule has 0 aromatic carbocycles. The van der Waals surface area contributed by atoms with E-state index < -0.39 is 0 Å². The number of unbranched alkanes of at least 4 members (excludes halogenated alkanes) is 2. The molecule has 1 atom stereocenters. The predicted molar refractivity (Wildman–Crippen MR) is 78.5 cm³/mol. The number of hydrogen-bond acceptors (Lipinski definition) is 5. The van der Waals surface area contributed by atoms with Crippen LogP contribution >= 0.6 is 0 Å². The molecule has 2 rings (SSSR count). The molecular weight excluding hydrogens is 238 g/mol. The van der Waals surface area contributed by atoms with Crippen LogP contribution in [0.5, 0.6) is 0 Å². The number of nitrogens with zero attached hydrogens (tertiary/aromatic N) is 4. The molecule has 106 valence electrons. The van der Waals surface area contributed by atoms with E-state index in [1.165, 1.54) is 32.1 Å². The summed E-state index contributed by atoms with van der Waals surface area (Å²) in [6.07, 6.45) is 7.90. The maximum Gasteiger partial charge on any atom is 0.247 e. The minimum atomic E-state index is 0.721. The molecule has 1 unspecified atom stereocenters. The lowest BCUT2D eigenvalue weighted by atomic mass is 10.0. The quantitative estimate of drug-likeness (QED) is 0.800. The van der Waals surface area contributed by atoms with Crippen LogP contribution in [0.15, 0.2) is 6.20 Å². The maximum absolute atomic E-state index is 4.57. The van der Waals surface area contributed by atoms with Crippen LogP contribution in [0.1, 0.15) is 46.0 Å². The molecule has 0 radical (unpaired) electrons. The molecule has 1 aromatic heterocycles. The van der Waals surface area contributed by atoms with Crippen molar-refractivity contribution in [2.75, 3.05) is 29.9 Å². The van der Waals surface area contributed by atoms with Gasteiger partial charge in [0.2, 0.25) is 5.95 Å². The van der Waals surface area contributed by atoms with Gasteiger partial charge in [0, 0.05) is 19.6 Å². The lowest BCUT2D eigenvalue weighted by Crippen LogP contribution is -2.35. The van der Waals surface area contributed by atoms with Gasteiger partial charge in [0.1, 0.15) is 0 Å². The average molecular weight is 263 g/mol. The normalized spacial score (nSPS) is 19.5. The van der Waals surface area contributed by atoms with Crippen molar-refractivity contribution in [1.82, 2.24) is 15.2 Å². The number of aromatic nitrogens is 3. The van der Waals surface area contributed by atoms with Gasteiger partial charge in [-0.15, -0.1) is 5.10 Å². The summed E-state index contributed by atoms with van der Waals surface area (Å²) in [5.41, 5.74) is 0. The molecule has 1 fully saturated rings. The van der Waals surface area contributed by atoms with Crippen molar-refractivity contribution in [2.24, 2.45) is 5.92 Å². The molecule has 0 aliphatic carbocycles. The van der Waals surface area contributed by atoms with Crippen molar-refractivity contribution in [1.29, 1.82) is 0 Å². The van der Waals surface area contributed by atoms with Crippen molar-refractivity contribution < 1.29 is 0 Å². The van der Waals surface area contributed by atoms with Gasteiger partial charge < -0.3 is 10.2 Å². The molecular formula is C14H25N5. The molecule has 1 saturated heterocycles. The highest BCUT2D eigenvalue weighted by Crippen LogP contribution is 2.19. The SMILES string of the molecule is CCCCCNc1cnnc(N2CCCC(C)C2)n1. The Hall–Kier alpha value is -1.39. The monoisotopic (exact) mass is 263 g/mol. The molecule has 0 spiro atoms. The van der Waals surface area contributed by atoms with Crippen molar-refractivity contribution in [2.45, 2.75) is 46.0 Å². The van der Waals surface area contributed by atoms with Crippen LogP contribution in [0.2, 0.25) is 0 Å². The molecule has 5 nitrogen and oxygen atoms in total. The first-order valence-electron chi connectivity index (χ1n) is 7.48. The third-order valence-electron chi connectivity index (χ3n) is 3.57. The van der Waals surface area contributed by atoms with Gasteiger partial charge in [-0.1, -0.05) is 26.7 Å². The Bertz CT molecular complexity index is 382. The van der Waals surface area contributed by atoms with Crippen molar-refractivity contribution in [3.63, 3.8) is 0 Å². The summed E-state index contributed by atoms with van der Waals surface area (Å²) in [7, 11) is 0. The fraction of sp³-hybridized carbons (Fsp3) is 0.786. The van der Waals surface area contributed by atoms with E-state index in [9.17, 15) is 0 Å². The molecule has 2 heterocycles. The third kappa shape index (κ3) is 4.33. The molecule has 0 amide bonds.